The first kappa shape index (κ1) is 15.9. The lowest BCUT2D eigenvalue weighted by Gasteiger charge is -2.24. The molecule has 1 aliphatic heterocycles. The van der Waals surface area contributed by atoms with Gasteiger partial charge >= 0.3 is 0 Å². The molecule has 0 spiro atoms. The van der Waals surface area contributed by atoms with Crippen LogP contribution in [0.2, 0.25) is 0 Å². The second-order valence-corrected chi connectivity index (χ2v) is 6.22. The quantitative estimate of drug-likeness (QED) is 0.657. The van der Waals surface area contributed by atoms with E-state index in [-0.39, 0.29) is 0 Å². The number of hydrogen-bond donors (Lipinski definition) is 2. The van der Waals surface area contributed by atoms with Gasteiger partial charge in [0.2, 0.25) is 0 Å². The van der Waals surface area contributed by atoms with Crippen LogP contribution in [0.1, 0.15) is 12.1 Å². The summed E-state index contributed by atoms with van der Waals surface area (Å²) in [6, 6.07) is 10.6. The monoisotopic (exact) mass is 314 g/mol. The molecule has 1 fully saturated rings. The zero-order valence-electron chi connectivity index (χ0n) is 14.0. The van der Waals surface area contributed by atoms with Crippen molar-refractivity contribution < 1.29 is 4.74 Å². The number of benzene rings is 1. The molecule has 5 nitrogen and oxygen atoms in total. The first-order valence-corrected chi connectivity index (χ1v) is 8.32. The molecule has 2 heterocycles. The molecule has 0 amide bonds. The third-order valence-electron chi connectivity index (χ3n) is 4.39. The fourth-order valence-corrected chi connectivity index (χ4v) is 3.16. The summed E-state index contributed by atoms with van der Waals surface area (Å²) in [4.78, 5) is 10.0. The number of H-pyrrole nitrogens is 1. The number of aliphatic imine (C=N–C) groups is 1. The average Bonchev–Trinajstić information content (AvgIpc) is 3.20. The van der Waals surface area contributed by atoms with Gasteiger partial charge in [0.05, 0.1) is 6.61 Å². The Morgan fingerprint density at radius 2 is 2.30 bits per heavy atom. The smallest absolute Gasteiger partial charge is 0.193 e. The molecule has 0 radical (unpaired) electrons. The summed E-state index contributed by atoms with van der Waals surface area (Å²) in [6.45, 7) is 3.62. The number of ether oxygens (including phenoxy) is 1. The van der Waals surface area contributed by atoms with Crippen LogP contribution < -0.4 is 5.32 Å². The maximum atomic E-state index is 5.45. The number of guanidine groups is 1. The highest BCUT2D eigenvalue weighted by Gasteiger charge is 2.18. The lowest BCUT2D eigenvalue weighted by Crippen LogP contribution is -2.42. The third kappa shape index (κ3) is 4.05. The van der Waals surface area contributed by atoms with Crippen LogP contribution >= 0.6 is 0 Å². The fraction of sp³-hybridized carbons (Fsp3) is 0.500. The first-order chi connectivity index (χ1) is 11.3. The lowest BCUT2D eigenvalue weighted by molar-refractivity contribution is 0.181. The zero-order chi connectivity index (χ0) is 16.1. The van der Waals surface area contributed by atoms with Crippen molar-refractivity contribution in [2.24, 2.45) is 10.9 Å². The van der Waals surface area contributed by atoms with Crippen molar-refractivity contribution in [2.45, 2.75) is 12.8 Å². The van der Waals surface area contributed by atoms with Crippen LogP contribution in [0, 0.1) is 5.92 Å². The first-order valence-electron chi connectivity index (χ1n) is 8.32. The number of hydrogen-bond acceptors (Lipinski definition) is 2. The lowest BCUT2D eigenvalue weighted by atomic mass is 10.1. The summed E-state index contributed by atoms with van der Waals surface area (Å²) in [5.74, 6) is 1.57. The molecule has 1 atom stereocenters. The Morgan fingerprint density at radius 3 is 3.04 bits per heavy atom. The van der Waals surface area contributed by atoms with Gasteiger partial charge in [-0.3, -0.25) is 4.99 Å². The van der Waals surface area contributed by atoms with E-state index in [1.165, 1.54) is 16.6 Å². The summed E-state index contributed by atoms with van der Waals surface area (Å²) < 4.78 is 5.45. The van der Waals surface area contributed by atoms with E-state index in [0.717, 1.165) is 45.1 Å². The standard InChI is InChI=1S/C18H26N4O/c1-19-18(22(2)12-14-8-10-23-13-14)20-9-7-16-11-15-5-3-4-6-17(15)21-16/h3-6,11,14,21H,7-10,12-13H2,1-2H3,(H,19,20). The molecule has 1 aromatic heterocycles. The number of fused-ring (bicyclic) bond motifs is 1. The molecule has 2 N–H and O–H groups in total. The number of aromatic nitrogens is 1. The Kier molecular flexibility index (Phi) is 5.18. The van der Waals surface area contributed by atoms with E-state index < -0.39 is 0 Å². The Morgan fingerprint density at radius 1 is 1.43 bits per heavy atom. The van der Waals surface area contributed by atoms with Gasteiger partial charge in [-0.1, -0.05) is 18.2 Å². The second kappa shape index (κ2) is 7.51. The normalized spacial score (nSPS) is 18.5. The molecule has 23 heavy (non-hydrogen) atoms. The van der Waals surface area contributed by atoms with Gasteiger partial charge in [-0.2, -0.15) is 0 Å². The molecule has 0 bridgehead atoms. The molecule has 0 aliphatic carbocycles. The minimum Gasteiger partial charge on any atom is -0.381 e. The van der Waals surface area contributed by atoms with E-state index in [9.17, 15) is 0 Å². The highest BCUT2D eigenvalue weighted by Crippen LogP contribution is 2.15. The molecule has 1 saturated heterocycles. The minimum absolute atomic E-state index is 0.618. The van der Waals surface area contributed by atoms with Crippen molar-refractivity contribution in [3.8, 4) is 0 Å². The predicted octanol–water partition coefficient (Wildman–Crippen LogP) is 2.25. The van der Waals surface area contributed by atoms with E-state index in [0.29, 0.717) is 5.92 Å². The van der Waals surface area contributed by atoms with E-state index in [1.807, 2.05) is 7.05 Å². The molecular formula is C18H26N4O. The highest BCUT2D eigenvalue weighted by molar-refractivity contribution is 5.80. The second-order valence-electron chi connectivity index (χ2n) is 6.22. The summed E-state index contributed by atoms with van der Waals surface area (Å²) >= 11 is 0. The minimum atomic E-state index is 0.618. The summed E-state index contributed by atoms with van der Waals surface area (Å²) in [5, 5.41) is 4.72. The van der Waals surface area contributed by atoms with Crippen molar-refractivity contribution in [1.29, 1.82) is 0 Å². The Labute approximate surface area is 137 Å². The van der Waals surface area contributed by atoms with Gasteiger partial charge in [0.25, 0.3) is 0 Å². The van der Waals surface area contributed by atoms with Crippen LogP contribution in [0.4, 0.5) is 0 Å². The number of nitrogens with one attached hydrogen (secondary N) is 2. The third-order valence-corrected chi connectivity index (χ3v) is 4.39. The summed E-state index contributed by atoms with van der Waals surface area (Å²) in [6.07, 6.45) is 2.10. The molecule has 1 aromatic carbocycles. The van der Waals surface area contributed by atoms with Crippen LogP contribution in [-0.2, 0) is 11.2 Å². The molecule has 2 aromatic rings. The number of rotatable bonds is 5. The van der Waals surface area contributed by atoms with Gasteiger partial charge in [0.15, 0.2) is 5.96 Å². The van der Waals surface area contributed by atoms with Crippen LogP contribution in [0.5, 0.6) is 0 Å². The molecular weight excluding hydrogens is 288 g/mol. The van der Waals surface area contributed by atoms with Crippen LogP contribution in [-0.4, -0.2) is 56.2 Å². The van der Waals surface area contributed by atoms with Crippen molar-refractivity contribution in [1.82, 2.24) is 15.2 Å². The molecule has 1 aliphatic rings. The molecule has 5 heteroatoms. The SMILES string of the molecule is CN=C(NCCc1cc2ccccc2[nH]1)N(C)CC1CCOC1. The Bertz CT molecular complexity index is 625. The molecule has 3 rings (SSSR count). The fourth-order valence-electron chi connectivity index (χ4n) is 3.16. The van der Waals surface area contributed by atoms with Crippen molar-refractivity contribution in [3.63, 3.8) is 0 Å². The van der Waals surface area contributed by atoms with Gasteiger partial charge in [-0.05, 0) is 23.9 Å². The van der Waals surface area contributed by atoms with Crippen molar-refractivity contribution in [3.05, 3.63) is 36.0 Å². The van der Waals surface area contributed by atoms with Gasteiger partial charge in [0, 0.05) is 57.3 Å². The average molecular weight is 314 g/mol. The number of aromatic amines is 1. The highest BCUT2D eigenvalue weighted by atomic mass is 16.5. The number of nitrogens with zero attached hydrogens (tertiary/aromatic N) is 2. The van der Waals surface area contributed by atoms with E-state index in [2.05, 4.69) is 57.6 Å². The summed E-state index contributed by atoms with van der Waals surface area (Å²) in [7, 11) is 3.93. The maximum Gasteiger partial charge on any atom is 0.193 e. The van der Waals surface area contributed by atoms with Crippen LogP contribution in [0.25, 0.3) is 10.9 Å². The molecule has 1 unspecified atom stereocenters. The van der Waals surface area contributed by atoms with Crippen molar-refractivity contribution in [2.75, 3.05) is 40.4 Å². The summed E-state index contributed by atoms with van der Waals surface area (Å²) in [5.41, 5.74) is 2.45. The number of para-hydroxylation sites is 1. The van der Waals surface area contributed by atoms with Crippen molar-refractivity contribution >= 4 is 16.9 Å². The van der Waals surface area contributed by atoms with Gasteiger partial charge in [-0.15, -0.1) is 0 Å². The molecule has 124 valence electrons. The molecule has 0 saturated carbocycles. The van der Waals surface area contributed by atoms with Gasteiger partial charge in [-0.25, -0.2) is 0 Å². The topological polar surface area (TPSA) is 52.7 Å². The Balaban J connectivity index is 1.49. The van der Waals surface area contributed by atoms with E-state index in [4.69, 9.17) is 4.74 Å². The van der Waals surface area contributed by atoms with E-state index >= 15 is 0 Å². The maximum absolute atomic E-state index is 5.45. The van der Waals surface area contributed by atoms with Crippen LogP contribution in [0.3, 0.4) is 0 Å². The van der Waals surface area contributed by atoms with Crippen LogP contribution in [0.15, 0.2) is 35.3 Å². The predicted molar refractivity (Wildman–Crippen MR) is 94.9 cm³/mol. The largest absolute Gasteiger partial charge is 0.381 e. The van der Waals surface area contributed by atoms with Gasteiger partial charge < -0.3 is 19.9 Å². The van der Waals surface area contributed by atoms with Gasteiger partial charge in [0.1, 0.15) is 0 Å². The Hall–Kier alpha value is -2.01. The zero-order valence-corrected chi connectivity index (χ0v) is 14.0. The van der Waals surface area contributed by atoms with E-state index in [1.54, 1.807) is 0 Å².